The first-order valence-corrected chi connectivity index (χ1v) is 10.3. The molecule has 31 heavy (non-hydrogen) atoms. The molecule has 0 unspecified atom stereocenters. The predicted molar refractivity (Wildman–Crippen MR) is 122 cm³/mol. The van der Waals surface area contributed by atoms with Gasteiger partial charge in [0.2, 0.25) is 0 Å². The van der Waals surface area contributed by atoms with Gasteiger partial charge in [0.25, 0.3) is 5.91 Å². The van der Waals surface area contributed by atoms with Crippen LogP contribution < -0.4 is 10.2 Å². The fourth-order valence-corrected chi connectivity index (χ4v) is 3.50. The molecule has 1 aromatic heterocycles. The van der Waals surface area contributed by atoms with Crippen LogP contribution >= 0.6 is 0 Å². The lowest BCUT2D eigenvalue weighted by Gasteiger charge is -2.20. The molecule has 0 aliphatic carbocycles. The quantitative estimate of drug-likeness (QED) is 0.481. The molecule has 3 aromatic carbocycles. The van der Waals surface area contributed by atoms with E-state index in [9.17, 15) is 9.18 Å². The minimum Gasteiger partial charge on any atom is -0.372 e. The van der Waals surface area contributed by atoms with E-state index in [-0.39, 0.29) is 11.7 Å². The molecular formula is C24H24FN5O. The monoisotopic (exact) mass is 417 g/mol. The Hall–Kier alpha value is -3.74. The molecule has 0 radical (unpaired) electrons. The van der Waals surface area contributed by atoms with Gasteiger partial charge in [0.1, 0.15) is 16.9 Å². The highest BCUT2D eigenvalue weighted by molar-refractivity contribution is 6.05. The molecule has 0 bridgehead atoms. The van der Waals surface area contributed by atoms with Gasteiger partial charge < -0.3 is 10.2 Å². The highest BCUT2D eigenvalue weighted by Gasteiger charge is 2.12. The normalized spacial score (nSPS) is 11.0. The fraction of sp³-hybridized carbons (Fsp3) is 0.208. The Morgan fingerprint density at radius 1 is 0.968 bits per heavy atom. The smallest absolute Gasteiger partial charge is 0.255 e. The summed E-state index contributed by atoms with van der Waals surface area (Å²) < 4.78 is 13.1. The maximum atomic E-state index is 13.1. The van der Waals surface area contributed by atoms with E-state index in [1.807, 2.05) is 25.1 Å². The molecule has 1 heterocycles. The van der Waals surface area contributed by atoms with Crippen LogP contribution in [0.2, 0.25) is 0 Å². The molecular weight excluding hydrogens is 393 g/mol. The number of aromatic nitrogens is 3. The number of amides is 1. The van der Waals surface area contributed by atoms with Crippen molar-refractivity contribution in [1.82, 2.24) is 15.0 Å². The van der Waals surface area contributed by atoms with Gasteiger partial charge >= 0.3 is 0 Å². The standard InChI is InChI=1S/C24H24FN5O/c1-4-29(5-2)19-10-12-20(13-11-19)30-27-22-14-16(3)21(15-23(22)28-30)26-24(31)17-6-8-18(25)9-7-17/h6-15H,4-5H2,1-3H3,(H,26,31). The van der Waals surface area contributed by atoms with Crippen molar-refractivity contribution < 1.29 is 9.18 Å². The van der Waals surface area contributed by atoms with Crippen molar-refractivity contribution in [2.75, 3.05) is 23.3 Å². The molecule has 0 saturated heterocycles. The van der Waals surface area contributed by atoms with Crippen molar-refractivity contribution in [1.29, 1.82) is 0 Å². The van der Waals surface area contributed by atoms with Gasteiger partial charge in [0.05, 0.1) is 5.69 Å². The van der Waals surface area contributed by atoms with E-state index in [1.54, 1.807) is 10.9 Å². The molecule has 0 saturated carbocycles. The average molecular weight is 417 g/mol. The van der Waals surface area contributed by atoms with Crippen molar-refractivity contribution in [3.05, 3.63) is 77.6 Å². The molecule has 0 aliphatic rings. The number of nitrogens with zero attached hydrogens (tertiary/aromatic N) is 4. The Labute approximate surface area is 180 Å². The summed E-state index contributed by atoms with van der Waals surface area (Å²) >= 11 is 0. The van der Waals surface area contributed by atoms with E-state index >= 15 is 0 Å². The average Bonchev–Trinajstić information content (AvgIpc) is 3.18. The number of rotatable bonds is 6. The van der Waals surface area contributed by atoms with Crippen molar-refractivity contribution in [3.8, 4) is 5.69 Å². The second-order valence-electron chi connectivity index (χ2n) is 7.29. The van der Waals surface area contributed by atoms with Crippen LogP contribution in [0.1, 0.15) is 29.8 Å². The molecule has 4 aromatic rings. The van der Waals surface area contributed by atoms with Crippen LogP contribution in [-0.2, 0) is 0 Å². The molecule has 7 heteroatoms. The van der Waals surface area contributed by atoms with Crippen molar-refractivity contribution in [2.45, 2.75) is 20.8 Å². The number of anilines is 2. The van der Waals surface area contributed by atoms with Crippen molar-refractivity contribution in [2.24, 2.45) is 0 Å². The van der Waals surface area contributed by atoms with Crippen LogP contribution in [-0.4, -0.2) is 34.0 Å². The summed E-state index contributed by atoms with van der Waals surface area (Å²) in [5.41, 5.74) is 5.34. The Morgan fingerprint density at radius 2 is 1.58 bits per heavy atom. The van der Waals surface area contributed by atoms with E-state index in [0.29, 0.717) is 16.8 Å². The molecule has 4 rings (SSSR count). The number of fused-ring (bicyclic) bond motifs is 1. The van der Waals surface area contributed by atoms with Gasteiger partial charge in [0.15, 0.2) is 0 Å². The number of carbonyl (C=O) groups excluding carboxylic acids is 1. The third-order valence-electron chi connectivity index (χ3n) is 5.29. The molecule has 1 amide bonds. The lowest BCUT2D eigenvalue weighted by atomic mass is 10.1. The van der Waals surface area contributed by atoms with Crippen molar-refractivity contribution >= 4 is 28.3 Å². The molecule has 0 fully saturated rings. The number of halogens is 1. The maximum Gasteiger partial charge on any atom is 0.255 e. The fourth-order valence-electron chi connectivity index (χ4n) is 3.50. The summed E-state index contributed by atoms with van der Waals surface area (Å²) in [6.45, 7) is 8.07. The minimum absolute atomic E-state index is 0.304. The van der Waals surface area contributed by atoms with Gasteiger partial charge in [-0.2, -0.15) is 4.80 Å². The third kappa shape index (κ3) is 4.26. The lowest BCUT2D eigenvalue weighted by Crippen LogP contribution is -2.21. The van der Waals surface area contributed by atoms with Gasteiger partial charge in [0, 0.05) is 30.0 Å². The van der Waals surface area contributed by atoms with Crippen LogP contribution in [0.15, 0.2) is 60.7 Å². The Balaban J connectivity index is 1.60. The third-order valence-corrected chi connectivity index (χ3v) is 5.29. The Kier molecular flexibility index (Phi) is 5.66. The van der Waals surface area contributed by atoms with Gasteiger partial charge in [-0.15, -0.1) is 10.2 Å². The van der Waals surface area contributed by atoms with Gasteiger partial charge in [-0.3, -0.25) is 4.79 Å². The highest BCUT2D eigenvalue weighted by Crippen LogP contribution is 2.23. The second-order valence-corrected chi connectivity index (χ2v) is 7.29. The van der Waals surface area contributed by atoms with E-state index in [0.717, 1.165) is 35.5 Å². The molecule has 158 valence electrons. The summed E-state index contributed by atoms with van der Waals surface area (Å²) in [5, 5.41) is 12.0. The molecule has 6 nitrogen and oxygen atoms in total. The van der Waals surface area contributed by atoms with Gasteiger partial charge in [-0.1, -0.05) is 0 Å². The number of aryl methyl sites for hydroxylation is 1. The zero-order valence-electron chi connectivity index (χ0n) is 17.8. The number of carbonyl (C=O) groups is 1. The van der Waals surface area contributed by atoms with Crippen LogP contribution in [0.25, 0.3) is 16.7 Å². The highest BCUT2D eigenvalue weighted by atomic mass is 19.1. The number of hydrogen-bond donors (Lipinski definition) is 1. The van der Waals surface area contributed by atoms with Crippen LogP contribution in [0, 0.1) is 12.7 Å². The molecule has 0 aliphatic heterocycles. The molecule has 0 spiro atoms. The number of nitrogens with one attached hydrogen (secondary N) is 1. The summed E-state index contributed by atoms with van der Waals surface area (Å²) in [6.07, 6.45) is 0. The Morgan fingerprint density at radius 3 is 2.19 bits per heavy atom. The summed E-state index contributed by atoms with van der Waals surface area (Å²) in [7, 11) is 0. The summed E-state index contributed by atoms with van der Waals surface area (Å²) in [5.74, 6) is -0.683. The van der Waals surface area contributed by atoms with Crippen LogP contribution in [0.4, 0.5) is 15.8 Å². The lowest BCUT2D eigenvalue weighted by molar-refractivity contribution is 0.102. The van der Waals surface area contributed by atoms with E-state index < -0.39 is 0 Å². The SMILES string of the molecule is CCN(CC)c1ccc(-n2nc3cc(C)c(NC(=O)c4ccc(F)cc4)cc3n2)cc1. The first-order chi connectivity index (χ1) is 15.0. The first kappa shape index (κ1) is 20.5. The van der Waals surface area contributed by atoms with Crippen LogP contribution in [0.5, 0.6) is 0 Å². The zero-order chi connectivity index (χ0) is 22.0. The van der Waals surface area contributed by atoms with Gasteiger partial charge in [-0.25, -0.2) is 4.39 Å². The van der Waals surface area contributed by atoms with Gasteiger partial charge in [-0.05, 0) is 87.0 Å². The van der Waals surface area contributed by atoms with E-state index in [2.05, 4.69) is 46.4 Å². The predicted octanol–water partition coefficient (Wildman–Crippen LogP) is 4.97. The number of hydrogen-bond acceptors (Lipinski definition) is 4. The summed E-state index contributed by atoms with van der Waals surface area (Å²) in [4.78, 5) is 16.4. The first-order valence-electron chi connectivity index (χ1n) is 10.3. The minimum atomic E-state index is -0.379. The van der Waals surface area contributed by atoms with E-state index in [1.165, 1.54) is 24.3 Å². The second kappa shape index (κ2) is 8.55. The number of benzene rings is 3. The molecule has 1 N–H and O–H groups in total. The topological polar surface area (TPSA) is 63.1 Å². The van der Waals surface area contributed by atoms with Crippen molar-refractivity contribution in [3.63, 3.8) is 0 Å². The summed E-state index contributed by atoms with van der Waals surface area (Å²) in [6, 6.07) is 17.3. The molecule has 0 atom stereocenters. The zero-order valence-corrected chi connectivity index (χ0v) is 17.8. The van der Waals surface area contributed by atoms with Crippen LogP contribution in [0.3, 0.4) is 0 Å². The van der Waals surface area contributed by atoms with E-state index in [4.69, 9.17) is 0 Å². The largest absolute Gasteiger partial charge is 0.372 e. The Bertz CT molecular complexity index is 1210. The maximum absolute atomic E-state index is 13.1.